The predicted molar refractivity (Wildman–Crippen MR) is 85.3 cm³/mol. The summed E-state index contributed by atoms with van der Waals surface area (Å²) in [6.07, 6.45) is 2.64. The van der Waals surface area contributed by atoms with Crippen molar-refractivity contribution in [2.24, 2.45) is 11.1 Å². The maximum absolute atomic E-state index is 12.3. The van der Waals surface area contributed by atoms with Crippen LogP contribution in [0.25, 0.3) is 0 Å². The van der Waals surface area contributed by atoms with Gasteiger partial charge in [-0.25, -0.2) is 0 Å². The third-order valence-corrected chi connectivity index (χ3v) is 4.71. The van der Waals surface area contributed by atoms with E-state index in [2.05, 4.69) is 24.1 Å². The second-order valence-corrected chi connectivity index (χ2v) is 6.27. The summed E-state index contributed by atoms with van der Waals surface area (Å²) < 4.78 is 0. The lowest BCUT2D eigenvalue weighted by molar-refractivity contribution is 0.0767. The molecule has 5 nitrogen and oxygen atoms in total. The number of rotatable bonds is 5. The Hall–Kier alpha value is -1.62. The van der Waals surface area contributed by atoms with Gasteiger partial charge in [-0.2, -0.15) is 0 Å². The monoisotopic (exact) mass is 290 g/mol. The van der Waals surface area contributed by atoms with Gasteiger partial charge in [-0.1, -0.05) is 13.8 Å². The van der Waals surface area contributed by atoms with Crippen molar-refractivity contribution in [1.82, 2.24) is 9.88 Å². The topological polar surface area (TPSA) is 71.2 Å². The molecule has 0 radical (unpaired) electrons. The van der Waals surface area contributed by atoms with Crippen molar-refractivity contribution in [2.45, 2.75) is 46.2 Å². The third kappa shape index (κ3) is 3.02. The van der Waals surface area contributed by atoms with Gasteiger partial charge in [-0.05, 0) is 32.4 Å². The fraction of sp³-hybridized carbons (Fsp3) is 0.625. The van der Waals surface area contributed by atoms with Gasteiger partial charge in [0.1, 0.15) is 5.69 Å². The molecule has 1 amide bonds. The van der Waals surface area contributed by atoms with Crippen LogP contribution in [0.2, 0.25) is 0 Å². The number of nitrogens with one attached hydrogen (secondary N) is 1. The average Bonchev–Trinajstić information content (AvgIpc) is 2.48. The molecule has 2 atom stereocenters. The first-order chi connectivity index (χ1) is 9.90. The number of carbonyl (C=O) groups is 1. The summed E-state index contributed by atoms with van der Waals surface area (Å²) >= 11 is 0. The van der Waals surface area contributed by atoms with Crippen LogP contribution < -0.4 is 11.1 Å². The van der Waals surface area contributed by atoms with Gasteiger partial charge in [-0.3, -0.25) is 9.78 Å². The summed E-state index contributed by atoms with van der Waals surface area (Å²) in [6, 6.07) is 4.30. The van der Waals surface area contributed by atoms with Crippen LogP contribution in [0.1, 0.15) is 44.6 Å². The van der Waals surface area contributed by atoms with Crippen molar-refractivity contribution in [3.05, 3.63) is 24.0 Å². The van der Waals surface area contributed by atoms with E-state index < -0.39 is 0 Å². The van der Waals surface area contributed by atoms with Crippen LogP contribution in [0.5, 0.6) is 0 Å². The SMILES string of the molecule is CCN(CC)C(=O)c1cc(NC2CC(N)C2(C)C)ccn1. The minimum atomic E-state index is -0.0202. The molecule has 0 saturated heterocycles. The van der Waals surface area contributed by atoms with E-state index >= 15 is 0 Å². The highest BCUT2D eigenvalue weighted by Crippen LogP contribution is 2.40. The van der Waals surface area contributed by atoms with Crippen LogP contribution in [0.15, 0.2) is 18.3 Å². The molecule has 21 heavy (non-hydrogen) atoms. The summed E-state index contributed by atoms with van der Waals surface area (Å²) in [6.45, 7) is 9.67. The number of carbonyl (C=O) groups excluding carboxylic acids is 1. The van der Waals surface area contributed by atoms with E-state index in [9.17, 15) is 4.79 Å². The summed E-state index contributed by atoms with van der Waals surface area (Å²) in [5.41, 5.74) is 7.54. The molecule has 1 saturated carbocycles. The van der Waals surface area contributed by atoms with Crippen LogP contribution in [0.3, 0.4) is 0 Å². The molecule has 1 heterocycles. The van der Waals surface area contributed by atoms with Gasteiger partial charge in [0.25, 0.3) is 5.91 Å². The molecular formula is C16H26N4O. The van der Waals surface area contributed by atoms with Crippen LogP contribution in [-0.4, -0.2) is 41.0 Å². The zero-order valence-corrected chi connectivity index (χ0v) is 13.4. The van der Waals surface area contributed by atoms with Crippen molar-refractivity contribution in [3.63, 3.8) is 0 Å². The van der Waals surface area contributed by atoms with Gasteiger partial charge in [0.05, 0.1) is 0 Å². The number of pyridine rings is 1. The highest BCUT2D eigenvalue weighted by molar-refractivity contribution is 5.93. The number of hydrogen-bond donors (Lipinski definition) is 2. The standard InChI is InChI=1S/C16H26N4O/c1-5-20(6-2)15(21)12-9-11(7-8-18-12)19-14-10-13(17)16(14,3)4/h7-9,13-14H,5-6,10,17H2,1-4H3,(H,18,19). The lowest BCUT2D eigenvalue weighted by Crippen LogP contribution is -2.61. The first-order valence-electron chi connectivity index (χ1n) is 7.67. The minimum absolute atomic E-state index is 0.0202. The normalized spacial score (nSPS) is 23.3. The molecule has 0 bridgehead atoms. The molecule has 1 aromatic rings. The van der Waals surface area contributed by atoms with Crippen molar-refractivity contribution in [2.75, 3.05) is 18.4 Å². The molecule has 116 valence electrons. The molecule has 2 rings (SSSR count). The Bertz CT molecular complexity index is 511. The smallest absolute Gasteiger partial charge is 0.272 e. The van der Waals surface area contributed by atoms with E-state index in [4.69, 9.17) is 5.73 Å². The fourth-order valence-electron chi connectivity index (χ4n) is 2.72. The van der Waals surface area contributed by atoms with Crippen molar-refractivity contribution in [1.29, 1.82) is 0 Å². The van der Waals surface area contributed by atoms with E-state index in [1.54, 1.807) is 11.1 Å². The molecule has 1 aliphatic carbocycles. The summed E-state index contributed by atoms with van der Waals surface area (Å²) in [7, 11) is 0. The third-order valence-electron chi connectivity index (χ3n) is 4.71. The first kappa shape index (κ1) is 15.8. The Morgan fingerprint density at radius 1 is 1.48 bits per heavy atom. The summed E-state index contributed by atoms with van der Waals surface area (Å²) in [4.78, 5) is 18.3. The van der Waals surface area contributed by atoms with Gasteiger partial charge in [-0.15, -0.1) is 0 Å². The largest absolute Gasteiger partial charge is 0.382 e. The molecule has 1 fully saturated rings. The fourth-order valence-corrected chi connectivity index (χ4v) is 2.72. The predicted octanol–water partition coefficient (Wildman–Crippen LogP) is 2.10. The number of hydrogen-bond acceptors (Lipinski definition) is 4. The molecule has 1 aromatic heterocycles. The Morgan fingerprint density at radius 3 is 2.67 bits per heavy atom. The van der Waals surface area contributed by atoms with E-state index in [0.717, 1.165) is 12.1 Å². The maximum Gasteiger partial charge on any atom is 0.272 e. The molecule has 0 aliphatic heterocycles. The molecule has 3 N–H and O–H groups in total. The molecular weight excluding hydrogens is 264 g/mol. The van der Waals surface area contributed by atoms with Crippen LogP contribution in [-0.2, 0) is 0 Å². The summed E-state index contributed by atoms with van der Waals surface area (Å²) in [5.74, 6) is -0.0202. The Balaban J connectivity index is 2.10. The number of amides is 1. The average molecular weight is 290 g/mol. The maximum atomic E-state index is 12.3. The summed E-state index contributed by atoms with van der Waals surface area (Å²) in [5, 5.41) is 3.48. The zero-order valence-electron chi connectivity index (χ0n) is 13.4. The highest BCUT2D eigenvalue weighted by atomic mass is 16.2. The van der Waals surface area contributed by atoms with Gasteiger partial charge in [0.15, 0.2) is 0 Å². The highest BCUT2D eigenvalue weighted by Gasteiger charge is 2.45. The number of aromatic nitrogens is 1. The molecule has 1 aliphatic rings. The Labute approximate surface area is 126 Å². The van der Waals surface area contributed by atoms with Crippen molar-refractivity contribution in [3.8, 4) is 0 Å². The van der Waals surface area contributed by atoms with Crippen molar-refractivity contribution < 1.29 is 4.79 Å². The minimum Gasteiger partial charge on any atom is -0.382 e. The van der Waals surface area contributed by atoms with E-state index in [0.29, 0.717) is 24.8 Å². The second-order valence-electron chi connectivity index (χ2n) is 6.27. The van der Waals surface area contributed by atoms with Crippen LogP contribution >= 0.6 is 0 Å². The lowest BCUT2D eigenvalue weighted by Gasteiger charge is -2.51. The van der Waals surface area contributed by atoms with E-state index in [1.165, 1.54) is 0 Å². The Kier molecular flexibility index (Phi) is 4.52. The Morgan fingerprint density at radius 2 is 2.14 bits per heavy atom. The zero-order chi connectivity index (χ0) is 15.6. The van der Waals surface area contributed by atoms with Gasteiger partial charge >= 0.3 is 0 Å². The van der Waals surface area contributed by atoms with Crippen LogP contribution in [0, 0.1) is 5.41 Å². The number of nitrogens with two attached hydrogens (primary N) is 1. The van der Waals surface area contributed by atoms with Gasteiger partial charge < -0.3 is 16.0 Å². The molecule has 2 unspecified atom stereocenters. The molecule has 0 aromatic carbocycles. The number of anilines is 1. The van der Waals surface area contributed by atoms with Gasteiger partial charge in [0.2, 0.25) is 0 Å². The first-order valence-corrected chi connectivity index (χ1v) is 7.67. The van der Waals surface area contributed by atoms with Crippen LogP contribution in [0.4, 0.5) is 5.69 Å². The number of nitrogens with zero attached hydrogens (tertiary/aromatic N) is 2. The van der Waals surface area contributed by atoms with Gasteiger partial charge in [0, 0.05) is 42.5 Å². The lowest BCUT2D eigenvalue weighted by atomic mass is 9.63. The quantitative estimate of drug-likeness (QED) is 0.871. The van der Waals surface area contributed by atoms with E-state index in [-0.39, 0.29) is 17.4 Å². The second kappa shape index (κ2) is 6.02. The van der Waals surface area contributed by atoms with Crippen molar-refractivity contribution >= 4 is 11.6 Å². The molecule has 5 heteroatoms. The van der Waals surface area contributed by atoms with E-state index in [1.807, 2.05) is 26.0 Å². The molecule has 0 spiro atoms.